The molecule has 7 heteroatoms. The molecule has 0 saturated carbocycles. The lowest BCUT2D eigenvalue weighted by atomic mass is 10.3. The molecule has 1 aromatic rings. The van der Waals surface area contributed by atoms with Crippen molar-refractivity contribution in [2.24, 2.45) is 5.73 Å². The molecule has 0 saturated heterocycles. The van der Waals surface area contributed by atoms with E-state index in [2.05, 4.69) is 9.97 Å². The van der Waals surface area contributed by atoms with Crippen LogP contribution in [0.2, 0.25) is 0 Å². The average Bonchev–Trinajstić information content (AvgIpc) is 2.01. The van der Waals surface area contributed by atoms with Crippen LogP contribution in [0.4, 0.5) is 19.0 Å². The number of nitrogens with two attached hydrogens (primary N) is 2. The van der Waals surface area contributed by atoms with Gasteiger partial charge in [0, 0.05) is 18.3 Å². The molecule has 14 heavy (non-hydrogen) atoms. The van der Waals surface area contributed by atoms with Gasteiger partial charge in [-0.15, -0.1) is 0 Å². The first-order valence-electron chi connectivity index (χ1n) is 3.79. The second kappa shape index (κ2) is 3.79. The lowest BCUT2D eigenvalue weighted by Crippen LogP contribution is -2.16. The Bertz CT molecular complexity index is 323. The minimum atomic E-state index is -4.32. The molecule has 0 aliphatic rings. The maximum absolute atomic E-state index is 11.9. The van der Waals surface area contributed by atoms with Crippen LogP contribution >= 0.6 is 0 Å². The van der Waals surface area contributed by atoms with Crippen LogP contribution in [0.25, 0.3) is 0 Å². The minimum absolute atomic E-state index is 0.00162. The molecular formula is C7H9F3N4. The van der Waals surface area contributed by atoms with Crippen LogP contribution in [0, 0.1) is 0 Å². The molecule has 0 atom stereocenters. The number of anilines is 1. The van der Waals surface area contributed by atoms with Crippen molar-refractivity contribution in [2.75, 3.05) is 5.73 Å². The predicted octanol–water partition coefficient (Wildman–Crippen LogP) is 0.622. The molecule has 0 unspecified atom stereocenters. The van der Waals surface area contributed by atoms with Crippen molar-refractivity contribution in [3.63, 3.8) is 0 Å². The standard InChI is InChI=1S/C7H9F3N4/c8-7(9,10)1-5-13-3-4(2-11)6(12)14-5/h3H,1-2,11H2,(H2,12,13,14). The van der Waals surface area contributed by atoms with E-state index in [0.717, 1.165) is 0 Å². The summed E-state index contributed by atoms with van der Waals surface area (Å²) in [5.74, 6) is -0.339. The Kier molecular flexibility index (Phi) is 2.90. The van der Waals surface area contributed by atoms with Gasteiger partial charge in [0.1, 0.15) is 18.1 Å². The third-order valence-corrected chi connectivity index (χ3v) is 1.53. The number of aromatic nitrogens is 2. The first kappa shape index (κ1) is 10.7. The van der Waals surface area contributed by atoms with E-state index in [1.165, 1.54) is 6.20 Å². The van der Waals surface area contributed by atoms with Gasteiger partial charge in [0.15, 0.2) is 0 Å². The lowest BCUT2D eigenvalue weighted by Gasteiger charge is -2.06. The van der Waals surface area contributed by atoms with Crippen molar-refractivity contribution in [1.29, 1.82) is 0 Å². The molecule has 1 heterocycles. The highest BCUT2D eigenvalue weighted by Crippen LogP contribution is 2.19. The summed E-state index contributed by atoms with van der Waals surface area (Å²) in [4.78, 5) is 7.00. The van der Waals surface area contributed by atoms with Crippen LogP contribution < -0.4 is 11.5 Å². The number of hydrogen-bond donors (Lipinski definition) is 2. The maximum atomic E-state index is 11.9. The van der Waals surface area contributed by atoms with E-state index in [9.17, 15) is 13.2 Å². The van der Waals surface area contributed by atoms with Gasteiger partial charge in [-0.2, -0.15) is 13.2 Å². The first-order chi connectivity index (χ1) is 6.42. The highest BCUT2D eigenvalue weighted by molar-refractivity contribution is 5.37. The highest BCUT2D eigenvalue weighted by Gasteiger charge is 2.29. The zero-order valence-corrected chi connectivity index (χ0v) is 7.17. The summed E-state index contributed by atoms with van der Waals surface area (Å²) >= 11 is 0. The summed E-state index contributed by atoms with van der Waals surface area (Å²) in [5, 5.41) is 0. The summed E-state index contributed by atoms with van der Waals surface area (Å²) in [7, 11) is 0. The lowest BCUT2D eigenvalue weighted by molar-refractivity contribution is -0.128. The van der Waals surface area contributed by atoms with Gasteiger partial charge in [-0.1, -0.05) is 0 Å². The van der Waals surface area contributed by atoms with Gasteiger partial charge in [0.25, 0.3) is 0 Å². The number of halogens is 3. The highest BCUT2D eigenvalue weighted by atomic mass is 19.4. The molecule has 0 radical (unpaired) electrons. The Morgan fingerprint density at radius 1 is 1.36 bits per heavy atom. The van der Waals surface area contributed by atoms with Crippen LogP contribution in [0.15, 0.2) is 6.20 Å². The van der Waals surface area contributed by atoms with Crippen LogP contribution in [0.1, 0.15) is 11.4 Å². The van der Waals surface area contributed by atoms with E-state index in [1.54, 1.807) is 0 Å². The van der Waals surface area contributed by atoms with Gasteiger partial charge in [0.05, 0.1) is 0 Å². The van der Waals surface area contributed by atoms with E-state index in [-0.39, 0.29) is 18.2 Å². The summed E-state index contributed by atoms with van der Waals surface area (Å²) in [6.45, 7) is 0.109. The van der Waals surface area contributed by atoms with Crippen LogP contribution in [0.5, 0.6) is 0 Å². The summed E-state index contributed by atoms with van der Waals surface area (Å²) in [5.41, 5.74) is 11.0. The summed E-state index contributed by atoms with van der Waals surface area (Å²) < 4.78 is 35.7. The molecule has 4 N–H and O–H groups in total. The predicted molar refractivity (Wildman–Crippen MR) is 44.1 cm³/mol. The largest absolute Gasteiger partial charge is 0.396 e. The molecule has 0 aliphatic heterocycles. The van der Waals surface area contributed by atoms with E-state index in [1.807, 2.05) is 0 Å². The topological polar surface area (TPSA) is 77.8 Å². The van der Waals surface area contributed by atoms with Gasteiger partial charge in [-0.25, -0.2) is 9.97 Å². The molecule has 0 aromatic carbocycles. The van der Waals surface area contributed by atoms with Crippen molar-refractivity contribution in [3.8, 4) is 0 Å². The second-order valence-corrected chi connectivity index (χ2v) is 2.69. The Morgan fingerprint density at radius 3 is 2.43 bits per heavy atom. The van der Waals surface area contributed by atoms with E-state index < -0.39 is 12.6 Å². The Labute approximate surface area is 78.1 Å². The monoisotopic (exact) mass is 206 g/mol. The molecule has 0 fully saturated rings. The molecule has 1 rings (SSSR count). The molecule has 78 valence electrons. The van der Waals surface area contributed by atoms with E-state index in [4.69, 9.17) is 11.5 Å². The SMILES string of the molecule is NCc1cnc(CC(F)(F)F)nc1N. The van der Waals surface area contributed by atoms with Gasteiger partial charge in [-0.05, 0) is 0 Å². The van der Waals surface area contributed by atoms with Crippen LogP contribution in [-0.4, -0.2) is 16.1 Å². The molecule has 4 nitrogen and oxygen atoms in total. The Morgan fingerprint density at radius 2 is 2.00 bits per heavy atom. The van der Waals surface area contributed by atoms with Crippen molar-refractivity contribution in [1.82, 2.24) is 9.97 Å². The fourth-order valence-electron chi connectivity index (χ4n) is 0.880. The van der Waals surface area contributed by atoms with Gasteiger partial charge < -0.3 is 11.5 Å². The quantitative estimate of drug-likeness (QED) is 0.743. The maximum Gasteiger partial charge on any atom is 0.396 e. The smallest absolute Gasteiger partial charge is 0.383 e. The zero-order chi connectivity index (χ0) is 10.8. The molecule has 1 aromatic heterocycles. The van der Waals surface area contributed by atoms with E-state index >= 15 is 0 Å². The third-order valence-electron chi connectivity index (χ3n) is 1.53. The second-order valence-electron chi connectivity index (χ2n) is 2.69. The number of hydrogen-bond acceptors (Lipinski definition) is 4. The average molecular weight is 206 g/mol. The molecule has 0 amide bonds. The number of alkyl halides is 3. The minimum Gasteiger partial charge on any atom is -0.383 e. The van der Waals surface area contributed by atoms with Crippen molar-refractivity contribution < 1.29 is 13.2 Å². The molecule has 0 spiro atoms. The third kappa shape index (κ3) is 2.84. The van der Waals surface area contributed by atoms with Crippen LogP contribution in [-0.2, 0) is 13.0 Å². The van der Waals surface area contributed by atoms with Gasteiger partial charge in [-0.3, -0.25) is 0 Å². The molecule has 0 bridgehead atoms. The summed E-state index contributed by atoms with van der Waals surface area (Å²) in [6.07, 6.45) is -4.29. The van der Waals surface area contributed by atoms with E-state index in [0.29, 0.717) is 5.56 Å². The number of rotatable bonds is 2. The first-order valence-corrected chi connectivity index (χ1v) is 3.79. The van der Waals surface area contributed by atoms with Crippen molar-refractivity contribution in [2.45, 2.75) is 19.1 Å². The number of nitrogens with zero attached hydrogens (tertiary/aromatic N) is 2. The zero-order valence-electron chi connectivity index (χ0n) is 7.17. The molecule has 0 aliphatic carbocycles. The Hall–Kier alpha value is -1.37. The summed E-state index contributed by atoms with van der Waals surface area (Å²) in [6, 6.07) is 0. The van der Waals surface area contributed by atoms with Crippen LogP contribution in [0.3, 0.4) is 0 Å². The Balaban J connectivity index is 2.87. The normalized spacial score (nSPS) is 11.7. The number of nitrogen functional groups attached to an aromatic ring is 1. The van der Waals surface area contributed by atoms with Crippen molar-refractivity contribution >= 4 is 5.82 Å². The fraction of sp³-hybridized carbons (Fsp3) is 0.429. The fourth-order valence-corrected chi connectivity index (χ4v) is 0.880. The van der Waals surface area contributed by atoms with Gasteiger partial charge in [0.2, 0.25) is 0 Å². The molecular weight excluding hydrogens is 197 g/mol. The van der Waals surface area contributed by atoms with Gasteiger partial charge >= 0.3 is 6.18 Å². The van der Waals surface area contributed by atoms with Crippen molar-refractivity contribution in [3.05, 3.63) is 17.6 Å².